The number of hydrogen-bond acceptors (Lipinski definition) is 8. The van der Waals surface area contributed by atoms with Gasteiger partial charge in [-0.15, -0.1) is 0 Å². The number of ether oxygens (including phenoxy) is 1. The van der Waals surface area contributed by atoms with Gasteiger partial charge in [-0.2, -0.15) is 5.10 Å². The molecule has 28 heavy (non-hydrogen) atoms. The maximum absolute atomic E-state index is 12.2. The molecule has 0 aliphatic rings. The maximum atomic E-state index is 12.2. The van der Waals surface area contributed by atoms with Gasteiger partial charge in [0.2, 0.25) is 10.0 Å². The van der Waals surface area contributed by atoms with E-state index in [0.29, 0.717) is 39.7 Å². The highest BCUT2D eigenvalue weighted by Crippen LogP contribution is 2.35. The number of rotatable bonds is 6. The van der Waals surface area contributed by atoms with Gasteiger partial charge in [-0.1, -0.05) is 0 Å². The SMILES string of the molecule is CNS(=O)(=O)c1ccc(OC)c(Nc2ncnc3[nH]nc(-c4ccco4)c23)c1. The molecule has 3 N–H and O–H groups in total. The van der Waals surface area contributed by atoms with E-state index >= 15 is 0 Å². The predicted octanol–water partition coefficient (Wildman–Crippen LogP) is 2.27. The molecule has 11 heteroatoms. The molecule has 0 saturated heterocycles. The lowest BCUT2D eigenvalue weighted by Gasteiger charge is -2.13. The Kier molecular flexibility index (Phi) is 4.45. The summed E-state index contributed by atoms with van der Waals surface area (Å²) >= 11 is 0. The first-order chi connectivity index (χ1) is 13.5. The zero-order valence-electron chi connectivity index (χ0n) is 14.9. The fourth-order valence-electron chi connectivity index (χ4n) is 2.74. The maximum Gasteiger partial charge on any atom is 0.240 e. The smallest absolute Gasteiger partial charge is 0.240 e. The molecular formula is C17H16N6O4S. The van der Waals surface area contributed by atoms with Crippen LogP contribution in [0, 0.1) is 0 Å². The molecule has 0 saturated carbocycles. The summed E-state index contributed by atoms with van der Waals surface area (Å²) in [5.74, 6) is 1.41. The number of aromatic amines is 1. The van der Waals surface area contributed by atoms with Gasteiger partial charge >= 0.3 is 0 Å². The number of nitrogens with one attached hydrogen (secondary N) is 3. The number of H-pyrrole nitrogens is 1. The third kappa shape index (κ3) is 3.06. The number of furan rings is 1. The van der Waals surface area contributed by atoms with Gasteiger partial charge < -0.3 is 14.5 Å². The van der Waals surface area contributed by atoms with Crippen LogP contribution in [0.3, 0.4) is 0 Å². The van der Waals surface area contributed by atoms with E-state index in [1.165, 1.54) is 32.6 Å². The molecular weight excluding hydrogens is 384 g/mol. The number of hydrogen-bond donors (Lipinski definition) is 3. The van der Waals surface area contributed by atoms with E-state index < -0.39 is 10.0 Å². The molecule has 0 amide bonds. The van der Waals surface area contributed by atoms with Crippen molar-refractivity contribution in [2.45, 2.75) is 4.90 Å². The van der Waals surface area contributed by atoms with Crippen molar-refractivity contribution in [2.75, 3.05) is 19.5 Å². The quantitative estimate of drug-likeness (QED) is 0.449. The van der Waals surface area contributed by atoms with E-state index in [-0.39, 0.29) is 4.90 Å². The van der Waals surface area contributed by atoms with Crippen molar-refractivity contribution in [3.05, 3.63) is 42.9 Å². The van der Waals surface area contributed by atoms with Gasteiger partial charge in [0.25, 0.3) is 0 Å². The number of nitrogens with zero attached hydrogens (tertiary/aromatic N) is 3. The van der Waals surface area contributed by atoms with Crippen LogP contribution in [-0.2, 0) is 10.0 Å². The first kappa shape index (κ1) is 17.9. The van der Waals surface area contributed by atoms with Crippen molar-refractivity contribution in [3.63, 3.8) is 0 Å². The number of methoxy groups -OCH3 is 1. The van der Waals surface area contributed by atoms with Crippen LogP contribution in [0.15, 0.2) is 52.2 Å². The van der Waals surface area contributed by atoms with Crippen LogP contribution in [0.5, 0.6) is 5.75 Å². The second kappa shape index (κ2) is 6.94. The standard InChI is InChI=1S/C17H16N6O4S/c1-18-28(24,25)10-5-6-12(26-2)11(8-10)21-16-14-15(13-4-3-7-27-13)22-23-17(14)20-9-19-16/h3-9,18H,1-2H3,(H2,19,20,21,22,23). The fourth-order valence-corrected chi connectivity index (χ4v) is 3.50. The number of benzene rings is 1. The largest absolute Gasteiger partial charge is 0.495 e. The van der Waals surface area contributed by atoms with E-state index in [2.05, 4.69) is 30.2 Å². The van der Waals surface area contributed by atoms with Crippen LogP contribution < -0.4 is 14.8 Å². The summed E-state index contributed by atoms with van der Waals surface area (Å²) in [5.41, 5.74) is 1.45. The van der Waals surface area contributed by atoms with Gasteiger partial charge in [0.15, 0.2) is 11.4 Å². The Morgan fingerprint density at radius 3 is 2.79 bits per heavy atom. The Hall–Kier alpha value is -3.44. The summed E-state index contributed by atoms with van der Waals surface area (Å²) < 4.78 is 37.4. The van der Waals surface area contributed by atoms with Crippen LogP contribution in [0.25, 0.3) is 22.5 Å². The lowest BCUT2D eigenvalue weighted by Crippen LogP contribution is -2.18. The summed E-state index contributed by atoms with van der Waals surface area (Å²) in [4.78, 5) is 8.55. The molecule has 0 aliphatic heterocycles. The van der Waals surface area contributed by atoms with Crippen LogP contribution in [-0.4, -0.2) is 42.7 Å². The minimum Gasteiger partial charge on any atom is -0.495 e. The van der Waals surface area contributed by atoms with E-state index in [9.17, 15) is 8.42 Å². The van der Waals surface area contributed by atoms with E-state index in [0.717, 1.165) is 0 Å². The number of sulfonamides is 1. The molecule has 3 heterocycles. The highest BCUT2D eigenvalue weighted by Gasteiger charge is 2.19. The molecule has 3 aromatic heterocycles. The molecule has 0 fully saturated rings. The molecule has 0 atom stereocenters. The van der Waals surface area contributed by atoms with Crippen molar-refractivity contribution in [3.8, 4) is 17.2 Å². The topological polar surface area (TPSA) is 135 Å². The van der Waals surface area contributed by atoms with Crippen LogP contribution in [0.4, 0.5) is 11.5 Å². The molecule has 0 bridgehead atoms. The molecule has 0 aliphatic carbocycles. The molecule has 1 aromatic carbocycles. The molecule has 144 valence electrons. The van der Waals surface area contributed by atoms with Crippen LogP contribution in [0.1, 0.15) is 0 Å². The Morgan fingerprint density at radius 2 is 2.07 bits per heavy atom. The van der Waals surface area contributed by atoms with E-state index in [4.69, 9.17) is 9.15 Å². The molecule has 0 spiro atoms. The third-order valence-corrected chi connectivity index (χ3v) is 5.53. The third-order valence-electron chi connectivity index (χ3n) is 4.12. The monoisotopic (exact) mass is 400 g/mol. The van der Waals surface area contributed by atoms with Crippen molar-refractivity contribution in [1.82, 2.24) is 24.9 Å². The second-order valence-electron chi connectivity index (χ2n) is 5.69. The van der Waals surface area contributed by atoms with Crippen molar-refractivity contribution in [2.24, 2.45) is 0 Å². The lowest BCUT2D eigenvalue weighted by molar-refractivity contribution is 0.416. The number of anilines is 2. The summed E-state index contributed by atoms with van der Waals surface area (Å²) in [7, 11) is -0.782. The highest BCUT2D eigenvalue weighted by atomic mass is 32.2. The number of fused-ring (bicyclic) bond motifs is 1. The van der Waals surface area contributed by atoms with Crippen molar-refractivity contribution >= 4 is 32.6 Å². The zero-order valence-corrected chi connectivity index (χ0v) is 15.7. The minimum atomic E-state index is -3.63. The van der Waals surface area contributed by atoms with Crippen molar-refractivity contribution < 1.29 is 17.6 Å². The predicted molar refractivity (Wildman–Crippen MR) is 102 cm³/mol. The Morgan fingerprint density at radius 1 is 1.21 bits per heavy atom. The average Bonchev–Trinajstić information content (AvgIpc) is 3.38. The second-order valence-corrected chi connectivity index (χ2v) is 7.58. The molecule has 4 aromatic rings. The molecule has 0 radical (unpaired) electrons. The van der Waals surface area contributed by atoms with Gasteiger partial charge in [0.05, 0.1) is 29.3 Å². The summed E-state index contributed by atoms with van der Waals surface area (Å²) in [6.07, 6.45) is 2.91. The Bertz CT molecular complexity index is 1230. The molecule has 10 nitrogen and oxygen atoms in total. The summed E-state index contributed by atoms with van der Waals surface area (Å²) in [6.45, 7) is 0. The van der Waals surface area contributed by atoms with Gasteiger partial charge in [-0.25, -0.2) is 23.1 Å². The van der Waals surface area contributed by atoms with Crippen molar-refractivity contribution in [1.29, 1.82) is 0 Å². The highest BCUT2D eigenvalue weighted by molar-refractivity contribution is 7.89. The van der Waals surface area contributed by atoms with E-state index in [1.54, 1.807) is 24.5 Å². The summed E-state index contributed by atoms with van der Waals surface area (Å²) in [6, 6.07) is 8.01. The zero-order chi connectivity index (χ0) is 19.7. The molecule has 4 rings (SSSR count). The first-order valence-electron chi connectivity index (χ1n) is 8.15. The molecule has 0 unspecified atom stereocenters. The van der Waals surface area contributed by atoms with Gasteiger partial charge in [-0.05, 0) is 37.4 Å². The first-order valence-corrected chi connectivity index (χ1v) is 9.63. The summed E-state index contributed by atoms with van der Waals surface area (Å²) in [5, 5.41) is 10.8. The average molecular weight is 400 g/mol. The normalized spacial score (nSPS) is 11.6. The Balaban J connectivity index is 1.85. The number of aromatic nitrogens is 4. The van der Waals surface area contributed by atoms with Crippen LogP contribution >= 0.6 is 0 Å². The fraction of sp³-hybridized carbons (Fsp3) is 0.118. The van der Waals surface area contributed by atoms with Gasteiger partial charge in [0, 0.05) is 0 Å². The lowest BCUT2D eigenvalue weighted by atomic mass is 10.2. The Labute approximate surface area is 160 Å². The van der Waals surface area contributed by atoms with Gasteiger partial charge in [-0.3, -0.25) is 5.10 Å². The van der Waals surface area contributed by atoms with Gasteiger partial charge in [0.1, 0.15) is 23.6 Å². The van der Waals surface area contributed by atoms with Crippen LogP contribution in [0.2, 0.25) is 0 Å². The van der Waals surface area contributed by atoms with E-state index in [1.807, 2.05) is 0 Å². The minimum absolute atomic E-state index is 0.0852.